The van der Waals surface area contributed by atoms with Gasteiger partial charge in [-0.2, -0.15) is 0 Å². The summed E-state index contributed by atoms with van der Waals surface area (Å²) >= 11 is 0. The van der Waals surface area contributed by atoms with Crippen LogP contribution in [0.5, 0.6) is 0 Å². The van der Waals surface area contributed by atoms with Crippen LogP contribution in [0.2, 0.25) is 0 Å². The van der Waals surface area contributed by atoms with Gasteiger partial charge in [0.2, 0.25) is 0 Å². The van der Waals surface area contributed by atoms with Gasteiger partial charge in [-0.3, -0.25) is 4.79 Å². The van der Waals surface area contributed by atoms with Gasteiger partial charge < -0.3 is 9.47 Å². The fraction of sp³-hybridized carbons (Fsp3) is 0.909. The van der Waals surface area contributed by atoms with E-state index in [1.807, 2.05) is 20.8 Å². The van der Waals surface area contributed by atoms with Crippen LogP contribution in [0.25, 0.3) is 0 Å². The number of ether oxygens (including phenoxy) is 2. The first-order valence-electron chi connectivity index (χ1n) is 5.18. The Morgan fingerprint density at radius 3 is 2.43 bits per heavy atom. The zero-order valence-electron chi connectivity index (χ0n) is 9.50. The summed E-state index contributed by atoms with van der Waals surface area (Å²) in [5.41, 5.74) is -0.115. The summed E-state index contributed by atoms with van der Waals surface area (Å²) in [4.78, 5) is 11.2. The molecule has 0 aromatic rings. The summed E-state index contributed by atoms with van der Waals surface area (Å²) in [6.45, 7) is 6.12. The fourth-order valence-electron chi connectivity index (χ4n) is 1.93. The molecule has 1 saturated carbocycles. The number of esters is 1. The van der Waals surface area contributed by atoms with Crippen LogP contribution in [0, 0.1) is 5.92 Å². The molecule has 0 aromatic carbocycles. The number of methoxy groups -OCH3 is 1. The van der Waals surface area contributed by atoms with Crippen molar-refractivity contribution in [2.75, 3.05) is 7.11 Å². The van der Waals surface area contributed by atoms with Gasteiger partial charge in [0.25, 0.3) is 0 Å². The van der Waals surface area contributed by atoms with Crippen LogP contribution in [-0.2, 0) is 14.3 Å². The Morgan fingerprint density at radius 2 is 1.93 bits per heavy atom. The SMILES string of the molecule is COC(=O)[C@H]1CC[C@H](OC(C)(C)C)C1. The summed E-state index contributed by atoms with van der Waals surface area (Å²) < 4.78 is 10.5. The molecule has 0 saturated heterocycles. The van der Waals surface area contributed by atoms with Crippen molar-refractivity contribution in [1.29, 1.82) is 0 Å². The number of carbonyl (C=O) groups is 1. The van der Waals surface area contributed by atoms with Crippen LogP contribution in [0.4, 0.5) is 0 Å². The molecule has 1 fully saturated rings. The highest BCUT2D eigenvalue weighted by atomic mass is 16.5. The lowest BCUT2D eigenvalue weighted by Gasteiger charge is -2.24. The average molecular weight is 200 g/mol. The maximum Gasteiger partial charge on any atom is 0.308 e. The summed E-state index contributed by atoms with van der Waals surface area (Å²) in [6.07, 6.45) is 2.90. The van der Waals surface area contributed by atoms with Gasteiger partial charge >= 0.3 is 5.97 Å². The molecular weight excluding hydrogens is 180 g/mol. The number of carbonyl (C=O) groups excluding carboxylic acids is 1. The van der Waals surface area contributed by atoms with Gasteiger partial charge in [0.15, 0.2) is 0 Å². The Kier molecular flexibility index (Phi) is 3.53. The maximum absolute atomic E-state index is 11.2. The third-order valence-corrected chi connectivity index (χ3v) is 2.44. The van der Waals surface area contributed by atoms with Gasteiger partial charge in [-0.1, -0.05) is 0 Å². The quantitative estimate of drug-likeness (QED) is 0.641. The zero-order chi connectivity index (χ0) is 10.8. The molecule has 82 valence electrons. The molecule has 2 atom stereocenters. The lowest BCUT2D eigenvalue weighted by atomic mass is 10.1. The number of hydrogen-bond donors (Lipinski definition) is 0. The molecule has 0 N–H and O–H groups in total. The molecule has 0 amide bonds. The van der Waals surface area contributed by atoms with Crippen molar-refractivity contribution < 1.29 is 14.3 Å². The predicted octanol–water partition coefficient (Wildman–Crippen LogP) is 2.14. The molecule has 3 nitrogen and oxygen atoms in total. The summed E-state index contributed by atoms with van der Waals surface area (Å²) in [7, 11) is 1.44. The smallest absolute Gasteiger partial charge is 0.308 e. The molecule has 14 heavy (non-hydrogen) atoms. The van der Waals surface area contributed by atoms with Crippen LogP contribution in [0.3, 0.4) is 0 Å². The van der Waals surface area contributed by atoms with E-state index in [0.29, 0.717) is 0 Å². The molecule has 0 radical (unpaired) electrons. The van der Waals surface area contributed by atoms with Gasteiger partial charge in [0.05, 0.1) is 24.7 Å². The van der Waals surface area contributed by atoms with E-state index in [4.69, 9.17) is 9.47 Å². The Morgan fingerprint density at radius 1 is 1.29 bits per heavy atom. The van der Waals surface area contributed by atoms with Gasteiger partial charge in [0.1, 0.15) is 0 Å². The highest BCUT2D eigenvalue weighted by Crippen LogP contribution is 2.31. The molecule has 0 bridgehead atoms. The lowest BCUT2D eigenvalue weighted by molar-refractivity contribution is -0.146. The second-order valence-corrected chi connectivity index (χ2v) is 4.89. The van der Waals surface area contributed by atoms with E-state index >= 15 is 0 Å². The molecule has 3 heteroatoms. The minimum absolute atomic E-state index is 0.0485. The Balaban J connectivity index is 2.38. The van der Waals surface area contributed by atoms with Gasteiger partial charge in [-0.25, -0.2) is 0 Å². The summed E-state index contributed by atoms with van der Waals surface area (Å²) in [5, 5.41) is 0. The van der Waals surface area contributed by atoms with Crippen molar-refractivity contribution in [2.24, 2.45) is 5.92 Å². The molecule has 0 aromatic heterocycles. The van der Waals surface area contributed by atoms with E-state index in [9.17, 15) is 4.79 Å². The Hall–Kier alpha value is -0.570. The van der Waals surface area contributed by atoms with E-state index in [2.05, 4.69) is 0 Å². The minimum atomic E-state index is -0.115. The van der Waals surface area contributed by atoms with Crippen molar-refractivity contribution in [2.45, 2.75) is 51.7 Å². The van der Waals surface area contributed by atoms with Crippen LogP contribution in [0.1, 0.15) is 40.0 Å². The monoisotopic (exact) mass is 200 g/mol. The first kappa shape index (κ1) is 11.5. The second-order valence-electron chi connectivity index (χ2n) is 4.89. The largest absolute Gasteiger partial charge is 0.469 e. The third kappa shape index (κ3) is 3.29. The second kappa shape index (κ2) is 4.30. The first-order chi connectivity index (χ1) is 6.42. The van der Waals surface area contributed by atoms with E-state index in [1.54, 1.807) is 0 Å². The lowest BCUT2D eigenvalue weighted by Crippen LogP contribution is -2.26. The van der Waals surface area contributed by atoms with E-state index in [0.717, 1.165) is 19.3 Å². The summed E-state index contributed by atoms with van der Waals surface area (Å²) in [5.74, 6) is -0.0441. The predicted molar refractivity (Wildman–Crippen MR) is 54.0 cm³/mol. The normalized spacial score (nSPS) is 27.7. The highest BCUT2D eigenvalue weighted by Gasteiger charge is 2.33. The topological polar surface area (TPSA) is 35.5 Å². The van der Waals surface area contributed by atoms with Gasteiger partial charge in [-0.15, -0.1) is 0 Å². The Bertz CT molecular complexity index is 205. The van der Waals surface area contributed by atoms with E-state index < -0.39 is 0 Å². The molecule has 0 heterocycles. The minimum Gasteiger partial charge on any atom is -0.469 e. The van der Waals surface area contributed by atoms with Crippen LogP contribution in [-0.4, -0.2) is 24.8 Å². The van der Waals surface area contributed by atoms with E-state index in [-0.39, 0.29) is 23.6 Å². The highest BCUT2D eigenvalue weighted by molar-refractivity contribution is 5.72. The zero-order valence-corrected chi connectivity index (χ0v) is 9.50. The van der Waals surface area contributed by atoms with Gasteiger partial charge in [0, 0.05) is 0 Å². The van der Waals surface area contributed by atoms with Crippen molar-refractivity contribution in [3.63, 3.8) is 0 Å². The van der Waals surface area contributed by atoms with Crippen LogP contribution in [0.15, 0.2) is 0 Å². The first-order valence-corrected chi connectivity index (χ1v) is 5.18. The molecular formula is C11H20O3. The van der Waals surface area contributed by atoms with E-state index in [1.165, 1.54) is 7.11 Å². The third-order valence-electron chi connectivity index (χ3n) is 2.44. The van der Waals surface area contributed by atoms with Crippen molar-refractivity contribution in [1.82, 2.24) is 0 Å². The number of hydrogen-bond acceptors (Lipinski definition) is 3. The van der Waals surface area contributed by atoms with Crippen molar-refractivity contribution in [3.05, 3.63) is 0 Å². The molecule has 0 unspecified atom stereocenters. The average Bonchev–Trinajstić information content (AvgIpc) is 2.48. The standard InChI is InChI=1S/C11H20O3/c1-11(2,3)14-9-6-5-8(7-9)10(12)13-4/h8-9H,5-7H2,1-4H3/t8-,9-/m0/s1. The van der Waals surface area contributed by atoms with Gasteiger partial charge in [-0.05, 0) is 40.0 Å². The van der Waals surface area contributed by atoms with Crippen molar-refractivity contribution in [3.8, 4) is 0 Å². The number of rotatable bonds is 2. The summed E-state index contributed by atoms with van der Waals surface area (Å²) in [6, 6.07) is 0. The van der Waals surface area contributed by atoms with Crippen molar-refractivity contribution >= 4 is 5.97 Å². The fourth-order valence-corrected chi connectivity index (χ4v) is 1.93. The molecule has 1 rings (SSSR count). The molecule has 1 aliphatic rings. The Labute approximate surface area is 85.8 Å². The molecule has 0 aliphatic heterocycles. The molecule has 1 aliphatic carbocycles. The molecule has 0 spiro atoms. The van der Waals surface area contributed by atoms with Crippen LogP contribution < -0.4 is 0 Å². The van der Waals surface area contributed by atoms with Crippen LogP contribution >= 0.6 is 0 Å². The maximum atomic E-state index is 11.2.